The first-order valence-electron chi connectivity index (χ1n) is 7.75. The van der Waals surface area contributed by atoms with Gasteiger partial charge in [-0.15, -0.1) is 0 Å². The maximum Gasteiger partial charge on any atom is 0.255 e. The molecule has 2 aromatic rings. The predicted molar refractivity (Wildman–Crippen MR) is 87.6 cm³/mol. The van der Waals surface area contributed by atoms with Crippen molar-refractivity contribution in [1.29, 1.82) is 0 Å². The fraction of sp³-hybridized carbons (Fsp3) is 0.389. The fourth-order valence-electron chi connectivity index (χ4n) is 2.54. The van der Waals surface area contributed by atoms with E-state index < -0.39 is 6.10 Å². The lowest BCUT2D eigenvalue weighted by Gasteiger charge is -2.27. The summed E-state index contributed by atoms with van der Waals surface area (Å²) < 4.78 is 13.0. The quantitative estimate of drug-likeness (QED) is 0.858. The topological polar surface area (TPSA) is 56.3 Å². The molecule has 0 radical (unpaired) electrons. The normalized spacial score (nSPS) is 12.4. The molecule has 4 nitrogen and oxygen atoms in total. The number of aliphatic hydroxyl groups excluding tert-OH is 1. The Balaban J connectivity index is 2.16. The highest BCUT2D eigenvalue weighted by molar-refractivity contribution is 5.95. The highest BCUT2D eigenvalue weighted by Gasteiger charge is 2.22. The molecule has 1 aromatic heterocycles. The van der Waals surface area contributed by atoms with E-state index in [9.17, 15) is 14.3 Å². The Hall–Kier alpha value is -2.14. The summed E-state index contributed by atoms with van der Waals surface area (Å²) in [5.74, 6) is -0.184. The molecule has 0 unspecified atom stereocenters. The van der Waals surface area contributed by atoms with Crippen LogP contribution in [0.5, 0.6) is 0 Å². The van der Waals surface area contributed by atoms with Gasteiger partial charge in [0.2, 0.25) is 0 Å². The molecule has 0 aliphatic carbocycles. The van der Waals surface area contributed by atoms with Gasteiger partial charge in [0.1, 0.15) is 5.82 Å². The Labute approximate surface area is 135 Å². The summed E-state index contributed by atoms with van der Waals surface area (Å²) in [7, 11) is 0. The van der Waals surface area contributed by atoms with Crippen molar-refractivity contribution in [3.63, 3.8) is 0 Å². The highest BCUT2D eigenvalue weighted by Crippen LogP contribution is 2.18. The van der Waals surface area contributed by atoms with Crippen LogP contribution >= 0.6 is 0 Å². The molecule has 1 aromatic carbocycles. The molecule has 0 aliphatic heterocycles. The minimum Gasteiger partial charge on any atom is -0.387 e. The predicted octanol–water partition coefficient (Wildman–Crippen LogP) is 3.29. The smallest absolute Gasteiger partial charge is 0.255 e. The number of benzene rings is 1. The second kappa shape index (κ2) is 7.42. The van der Waals surface area contributed by atoms with Crippen molar-refractivity contribution in [2.24, 2.45) is 5.92 Å². The van der Waals surface area contributed by atoms with E-state index >= 15 is 0 Å². The molecule has 2 rings (SSSR count). The van der Waals surface area contributed by atoms with Gasteiger partial charge in [0, 0.05) is 18.4 Å². The minimum atomic E-state index is -0.849. The summed E-state index contributed by atoms with van der Waals surface area (Å²) in [6.45, 7) is 6.61. The number of hydrogen-bond acceptors (Lipinski definition) is 2. The minimum absolute atomic E-state index is 0.112. The first-order chi connectivity index (χ1) is 10.9. The molecular weight excluding hydrogens is 295 g/mol. The maximum atomic E-state index is 13.0. The zero-order valence-corrected chi connectivity index (χ0v) is 13.7. The summed E-state index contributed by atoms with van der Waals surface area (Å²) in [5, 5.41) is 10.4. The standard InChI is InChI=1S/C18H23FN2O2/c1-12(2)10-21(18(23)16-8-9-20-13(16)3)11-17(22)14-4-6-15(19)7-5-14/h4-9,12,17,20,22H,10-11H2,1-3H3/t17-/m1/s1. The Morgan fingerprint density at radius 2 is 1.87 bits per heavy atom. The summed E-state index contributed by atoms with van der Waals surface area (Å²) >= 11 is 0. The Morgan fingerprint density at radius 3 is 2.39 bits per heavy atom. The highest BCUT2D eigenvalue weighted by atomic mass is 19.1. The molecule has 2 N–H and O–H groups in total. The van der Waals surface area contributed by atoms with E-state index in [4.69, 9.17) is 0 Å². The number of carbonyl (C=O) groups excluding carboxylic acids is 1. The molecule has 0 bridgehead atoms. The van der Waals surface area contributed by atoms with E-state index in [1.165, 1.54) is 12.1 Å². The van der Waals surface area contributed by atoms with Gasteiger partial charge in [0.05, 0.1) is 18.2 Å². The number of hydrogen-bond donors (Lipinski definition) is 2. The lowest BCUT2D eigenvalue weighted by atomic mass is 10.1. The summed E-state index contributed by atoms with van der Waals surface area (Å²) in [6, 6.07) is 7.45. The number of nitrogens with zero attached hydrogens (tertiary/aromatic N) is 1. The Kier molecular flexibility index (Phi) is 5.55. The molecular formula is C18H23FN2O2. The van der Waals surface area contributed by atoms with Crippen LogP contribution in [0.1, 0.15) is 41.6 Å². The van der Waals surface area contributed by atoms with Crippen molar-refractivity contribution in [1.82, 2.24) is 9.88 Å². The van der Waals surface area contributed by atoms with Crippen LogP contribution in [0.2, 0.25) is 0 Å². The van der Waals surface area contributed by atoms with E-state index in [0.717, 1.165) is 5.69 Å². The number of amides is 1. The molecule has 0 aliphatic rings. The second-order valence-electron chi connectivity index (χ2n) is 6.19. The van der Waals surface area contributed by atoms with E-state index in [1.807, 2.05) is 20.8 Å². The van der Waals surface area contributed by atoms with Gasteiger partial charge < -0.3 is 15.0 Å². The van der Waals surface area contributed by atoms with Crippen LogP contribution in [0.25, 0.3) is 0 Å². The molecule has 5 heteroatoms. The van der Waals surface area contributed by atoms with Gasteiger partial charge in [0.15, 0.2) is 0 Å². The van der Waals surface area contributed by atoms with Gasteiger partial charge in [0.25, 0.3) is 5.91 Å². The fourth-order valence-corrected chi connectivity index (χ4v) is 2.54. The van der Waals surface area contributed by atoms with Crippen LogP contribution < -0.4 is 0 Å². The second-order valence-corrected chi connectivity index (χ2v) is 6.19. The molecule has 124 valence electrons. The summed E-state index contributed by atoms with van der Waals surface area (Å²) in [4.78, 5) is 17.4. The third-order valence-corrected chi connectivity index (χ3v) is 3.71. The zero-order valence-electron chi connectivity index (χ0n) is 13.7. The lowest BCUT2D eigenvalue weighted by Crippen LogP contribution is -2.37. The van der Waals surface area contributed by atoms with Gasteiger partial charge >= 0.3 is 0 Å². The third kappa shape index (κ3) is 4.42. The first-order valence-corrected chi connectivity index (χ1v) is 7.75. The third-order valence-electron chi connectivity index (χ3n) is 3.71. The monoisotopic (exact) mass is 318 g/mol. The van der Waals surface area contributed by atoms with Gasteiger partial charge in [-0.25, -0.2) is 4.39 Å². The molecule has 0 saturated heterocycles. The lowest BCUT2D eigenvalue weighted by molar-refractivity contribution is 0.0594. The van der Waals surface area contributed by atoms with Crippen molar-refractivity contribution in [2.45, 2.75) is 26.9 Å². The maximum absolute atomic E-state index is 13.0. The van der Waals surface area contributed by atoms with Crippen molar-refractivity contribution < 1.29 is 14.3 Å². The van der Waals surface area contributed by atoms with Crippen LogP contribution in [0.4, 0.5) is 4.39 Å². The Bertz CT molecular complexity index is 649. The largest absolute Gasteiger partial charge is 0.387 e. The van der Waals surface area contributed by atoms with E-state index in [1.54, 1.807) is 29.3 Å². The number of halogens is 1. The first kappa shape index (κ1) is 17.2. The van der Waals surface area contributed by atoms with Crippen LogP contribution in [0.3, 0.4) is 0 Å². The van der Waals surface area contributed by atoms with Crippen LogP contribution in [0, 0.1) is 18.7 Å². The zero-order chi connectivity index (χ0) is 17.0. The van der Waals surface area contributed by atoms with Crippen molar-refractivity contribution in [3.05, 3.63) is 59.2 Å². The van der Waals surface area contributed by atoms with E-state index in [-0.39, 0.29) is 24.2 Å². The number of aromatic nitrogens is 1. The number of carbonyl (C=O) groups is 1. The molecule has 1 amide bonds. The van der Waals surface area contributed by atoms with Crippen molar-refractivity contribution >= 4 is 5.91 Å². The number of aliphatic hydroxyl groups is 1. The molecule has 23 heavy (non-hydrogen) atoms. The molecule has 1 atom stereocenters. The average molecular weight is 318 g/mol. The number of aryl methyl sites for hydroxylation is 1. The Morgan fingerprint density at radius 1 is 1.22 bits per heavy atom. The SMILES string of the molecule is Cc1[nH]ccc1C(=O)N(CC(C)C)C[C@@H](O)c1ccc(F)cc1. The van der Waals surface area contributed by atoms with Crippen LogP contribution in [-0.2, 0) is 0 Å². The number of nitrogens with one attached hydrogen (secondary N) is 1. The average Bonchev–Trinajstić information content (AvgIpc) is 2.92. The van der Waals surface area contributed by atoms with Gasteiger partial charge in [-0.05, 0) is 36.6 Å². The van der Waals surface area contributed by atoms with Crippen molar-refractivity contribution in [2.75, 3.05) is 13.1 Å². The van der Waals surface area contributed by atoms with Crippen LogP contribution in [-0.4, -0.2) is 34.0 Å². The summed E-state index contributed by atoms with van der Waals surface area (Å²) in [6.07, 6.45) is 0.879. The van der Waals surface area contributed by atoms with E-state index in [2.05, 4.69) is 4.98 Å². The summed E-state index contributed by atoms with van der Waals surface area (Å²) in [5.41, 5.74) is 2.01. The number of rotatable bonds is 6. The van der Waals surface area contributed by atoms with Gasteiger partial charge in [-0.2, -0.15) is 0 Å². The molecule has 0 fully saturated rings. The number of H-pyrrole nitrogens is 1. The van der Waals surface area contributed by atoms with Crippen molar-refractivity contribution in [3.8, 4) is 0 Å². The van der Waals surface area contributed by atoms with Gasteiger partial charge in [-0.3, -0.25) is 4.79 Å². The molecule has 0 spiro atoms. The number of aromatic amines is 1. The molecule has 0 saturated carbocycles. The van der Waals surface area contributed by atoms with Gasteiger partial charge in [-0.1, -0.05) is 26.0 Å². The van der Waals surface area contributed by atoms with E-state index in [0.29, 0.717) is 17.7 Å². The van der Waals surface area contributed by atoms with Crippen LogP contribution in [0.15, 0.2) is 36.5 Å². The molecule has 1 heterocycles.